The summed E-state index contributed by atoms with van der Waals surface area (Å²) in [6.07, 6.45) is 0.955. The number of fused-ring (bicyclic) bond motifs is 2. The third kappa shape index (κ3) is 4.38. The molecule has 0 amide bonds. The first-order chi connectivity index (χ1) is 16.0. The number of nitrogens with zero attached hydrogens (tertiary/aromatic N) is 3. The molecule has 0 aliphatic carbocycles. The van der Waals surface area contributed by atoms with E-state index in [1.165, 1.54) is 23.3 Å². The molecule has 0 saturated heterocycles. The lowest BCUT2D eigenvalue weighted by molar-refractivity contribution is 0.343. The Bertz CT molecular complexity index is 1330. The van der Waals surface area contributed by atoms with Crippen molar-refractivity contribution in [3.8, 4) is 5.75 Å². The SMILES string of the molecule is CCOc1cccc2c(N3CCc4ccccc4C3C)nc(Nc3ccc(F)cc3C)nc12.Cl. The van der Waals surface area contributed by atoms with Crippen LogP contribution in [0.25, 0.3) is 10.9 Å². The van der Waals surface area contributed by atoms with Crippen LogP contribution in [0.2, 0.25) is 0 Å². The highest BCUT2D eigenvalue weighted by Crippen LogP contribution is 2.38. The summed E-state index contributed by atoms with van der Waals surface area (Å²) in [5.41, 5.74) is 5.03. The first-order valence-electron chi connectivity index (χ1n) is 11.4. The monoisotopic (exact) mass is 478 g/mol. The molecular weight excluding hydrogens is 451 g/mol. The molecule has 1 aliphatic heterocycles. The van der Waals surface area contributed by atoms with E-state index in [1.807, 2.05) is 32.0 Å². The molecule has 0 radical (unpaired) electrons. The van der Waals surface area contributed by atoms with Crippen molar-refractivity contribution in [2.75, 3.05) is 23.4 Å². The second kappa shape index (κ2) is 9.85. The lowest BCUT2D eigenvalue weighted by Crippen LogP contribution is -2.34. The fourth-order valence-corrected chi connectivity index (χ4v) is 4.61. The topological polar surface area (TPSA) is 50.3 Å². The van der Waals surface area contributed by atoms with E-state index in [9.17, 15) is 4.39 Å². The minimum atomic E-state index is -0.266. The summed E-state index contributed by atoms with van der Waals surface area (Å²) in [5, 5.41) is 4.26. The van der Waals surface area contributed by atoms with Gasteiger partial charge in [0.15, 0.2) is 0 Å². The molecule has 4 aromatic rings. The third-order valence-corrected chi connectivity index (χ3v) is 6.27. The number of hydrogen-bond acceptors (Lipinski definition) is 5. The predicted molar refractivity (Wildman–Crippen MR) is 138 cm³/mol. The van der Waals surface area contributed by atoms with Gasteiger partial charge in [0, 0.05) is 17.6 Å². The number of ether oxygens (including phenoxy) is 1. The molecule has 0 bridgehead atoms. The summed E-state index contributed by atoms with van der Waals surface area (Å²) in [6, 6.07) is 19.4. The molecule has 7 heteroatoms. The van der Waals surface area contributed by atoms with E-state index in [4.69, 9.17) is 14.7 Å². The largest absolute Gasteiger partial charge is 0.492 e. The van der Waals surface area contributed by atoms with Gasteiger partial charge in [0.05, 0.1) is 12.6 Å². The molecule has 1 unspecified atom stereocenters. The maximum atomic E-state index is 13.6. The molecule has 0 saturated carbocycles. The summed E-state index contributed by atoms with van der Waals surface area (Å²) >= 11 is 0. The number of aryl methyl sites for hydroxylation is 1. The Kier molecular flexibility index (Phi) is 6.89. The fraction of sp³-hybridized carbons (Fsp3) is 0.259. The van der Waals surface area contributed by atoms with E-state index < -0.39 is 0 Å². The molecule has 1 atom stereocenters. The summed E-state index contributed by atoms with van der Waals surface area (Å²) in [7, 11) is 0. The second-order valence-electron chi connectivity index (χ2n) is 8.36. The van der Waals surface area contributed by atoms with Gasteiger partial charge >= 0.3 is 0 Å². The highest BCUT2D eigenvalue weighted by Gasteiger charge is 2.27. The van der Waals surface area contributed by atoms with Crippen LogP contribution in [-0.4, -0.2) is 23.1 Å². The Morgan fingerprint density at radius 3 is 2.71 bits per heavy atom. The van der Waals surface area contributed by atoms with Crippen molar-refractivity contribution in [3.05, 3.63) is 83.2 Å². The molecule has 1 aliphatic rings. The fourth-order valence-electron chi connectivity index (χ4n) is 4.61. The first kappa shape index (κ1) is 23.8. The molecule has 0 spiro atoms. The quantitative estimate of drug-likeness (QED) is 0.343. The van der Waals surface area contributed by atoms with Gasteiger partial charge in [0.2, 0.25) is 5.95 Å². The predicted octanol–water partition coefficient (Wildman–Crippen LogP) is 6.77. The Morgan fingerprint density at radius 1 is 1.09 bits per heavy atom. The second-order valence-corrected chi connectivity index (χ2v) is 8.36. The van der Waals surface area contributed by atoms with Crippen LogP contribution in [-0.2, 0) is 6.42 Å². The van der Waals surface area contributed by atoms with E-state index in [1.54, 1.807) is 6.07 Å². The molecular formula is C27H28ClFN4O. The zero-order valence-corrected chi connectivity index (χ0v) is 20.3. The van der Waals surface area contributed by atoms with E-state index in [0.717, 1.165) is 46.7 Å². The third-order valence-electron chi connectivity index (χ3n) is 6.27. The van der Waals surface area contributed by atoms with Crippen LogP contribution in [0.1, 0.15) is 36.6 Å². The van der Waals surface area contributed by atoms with Crippen LogP contribution >= 0.6 is 12.4 Å². The summed E-state index contributed by atoms with van der Waals surface area (Å²) < 4.78 is 19.5. The Morgan fingerprint density at radius 2 is 1.91 bits per heavy atom. The molecule has 1 aromatic heterocycles. The standard InChI is InChI=1S/C27H27FN4O.ClH/c1-4-33-24-11-7-10-22-25(24)30-27(29-23-13-12-20(28)16-17(23)2)31-26(22)32-15-14-19-8-5-6-9-21(19)18(32)3;/h5-13,16,18H,4,14-15H2,1-3H3,(H,29,30,31);1H. The molecule has 0 fully saturated rings. The number of hydrogen-bond donors (Lipinski definition) is 1. The Labute approximate surface area is 205 Å². The van der Waals surface area contributed by atoms with Crippen molar-refractivity contribution in [2.24, 2.45) is 0 Å². The summed E-state index contributed by atoms with van der Waals surface area (Å²) in [5.74, 6) is 1.79. The first-order valence-corrected chi connectivity index (χ1v) is 11.4. The molecule has 176 valence electrons. The summed E-state index contributed by atoms with van der Waals surface area (Å²) in [6.45, 7) is 7.45. The molecule has 5 rings (SSSR count). The average Bonchev–Trinajstić information content (AvgIpc) is 2.82. The highest BCUT2D eigenvalue weighted by molar-refractivity contribution is 5.95. The van der Waals surface area contributed by atoms with Crippen molar-refractivity contribution < 1.29 is 9.13 Å². The van der Waals surface area contributed by atoms with Crippen molar-refractivity contribution in [1.82, 2.24) is 9.97 Å². The van der Waals surface area contributed by atoms with E-state index in [-0.39, 0.29) is 24.3 Å². The molecule has 2 heterocycles. The van der Waals surface area contributed by atoms with Gasteiger partial charge in [-0.25, -0.2) is 9.37 Å². The maximum Gasteiger partial charge on any atom is 0.229 e. The van der Waals surface area contributed by atoms with Crippen molar-refractivity contribution >= 4 is 40.8 Å². The van der Waals surface area contributed by atoms with Crippen molar-refractivity contribution in [2.45, 2.75) is 33.2 Å². The lowest BCUT2D eigenvalue weighted by atomic mass is 9.93. The number of para-hydroxylation sites is 1. The summed E-state index contributed by atoms with van der Waals surface area (Å²) in [4.78, 5) is 12.1. The van der Waals surface area contributed by atoms with E-state index >= 15 is 0 Å². The smallest absolute Gasteiger partial charge is 0.229 e. The molecule has 34 heavy (non-hydrogen) atoms. The number of rotatable bonds is 5. The normalized spacial score (nSPS) is 14.9. The van der Waals surface area contributed by atoms with Crippen LogP contribution in [0, 0.1) is 12.7 Å². The van der Waals surface area contributed by atoms with Crippen LogP contribution in [0.4, 0.5) is 21.8 Å². The zero-order chi connectivity index (χ0) is 22.9. The van der Waals surface area contributed by atoms with Gasteiger partial charge < -0.3 is 15.0 Å². The number of anilines is 3. The van der Waals surface area contributed by atoms with E-state index in [2.05, 4.69) is 41.4 Å². The minimum absolute atomic E-state index is 0. The van der Waals surface area contributed by atoms with Gasteiger partial charge in [-0.3, -0.25) is 0 Å². The maximum absolute atomic E-state index is 13.6. The van der Waals surface area contributed by atoms with Gasteiger partial charge in [-0.15, -0.1) is 12.4 Å². The van der Waals surface area contributed by atoms with Crippen LogP contribution in [0.5, 0.6) is 5.75 Å². The van der Waals surface area contributed by atoms with Crippen molar-refractivity contribution in [1.29, 1.82) is 0 Å². The number of halogens is 2. The van der Waals surface area contributed by atoms with Crippen molar-refractivity contribution in [3.63, 3.8) is 0 Å². The van der Waals surface area contributed by atoms with Crippen LogP contribution < -0.4 is 15.0 Å². The Hall–Kier alpha value is -3.38. The zero-order valence-electron chi connectivity index (χ0n) is 19.5. The van der Waals surface area contributed by atoms with Gasteiger partial charge in [-0.2, -0.15) is 4.98 Å². The number of benzene rings is 3. The molecule has 1 N–H and O–H groups in total. The number of nitrogens with one attached hydrogen (secondary N) is 1. The molecule has 5 nitrogen and oxygen atoms in total. The van der Waals surface area contributed by atoms with Crippen LogP contribution in [0.15, 0.2) is 60.7 Å². The van der Waals surface area contributed by atoms with E-state index in [0.29, 0.717) is 12.6 Å². The van der Waals surface area contributed by atoms with Gasteiger partial charge in [0.1, 0.15) is 22.9 Å². The lowest BCUT2D eigenvalue weighted by Gasteiger charge is -2.37. The minimum Gasteiger partial charge on any atom is -0.492 e. The Balaban J connectivity index is 0.00000274. The van der Waals surface area contributed by atoms with Gasteiger partial charge in [0.25, 0.3) is 0 Å². The van der Waals surface area contributed by atoms with Gasteiger partial charge in [-0.05, 0) is 74.2 Å². The molecule has 3 aromatic carbocycles. The van der Waals surface area contributed by atoms with Gasteiger partial charge in [-0.1, -0.05) is 30.3 Å². The number of aromatic nitrogens is 2. The average molecular weight is 479 g/mol. The van der Waals surface area contributed by atoms with Crippen LogP contribution in [0.3, 0.4) is 0 Å². The highest BCUT2D eigenvalue weighted by atomic mass is 35.5.